The molecule has 1 fully saturated rings. The number of ether oxygens (including phenoxy) is 2. The third kappa shape index (κ3) is 2.90. The highest BCUT2D eigenvalue weighted by Gasteiger charge is 2.41. The zero-order valence-electron chi connectivity index (χ0n) is 12.0. The Bertz CT molecular complexity index is 424. The Labute approximate surface area is 114 Å². The molecule has 106 valence electrons. The summed E-state index contributed by atoms with van der Waals surface area (Å²) < 4.78 is 11.2. The van der Waals surface area contributed by atoms with E-state index >= 15 is 0 Å². The second kappa shape index (κ2) is 5.88. The minimum atomic E-state index is -0.567. The Kier molecular flexibility index (Phi) is 4.42. The molecule has 0 saturated carbocycles. The number of hydrogen-bond acceptors (Lipinski definition) is 4. The van der Waals surface area contributed by atoms with Crippen molar-refractivity contribution in [2.75, 3.05) is 6.61 Å². The van der Waals surface area contributed by atoms with Gasteiger partial charge in [-0.2, -0.15) is 0 Å². The molecule has 1 N–H and O–H groups in total. The fraction of sp³-hybridized carbons (Fsp3) is 0.667. The average molecular weight is 265 g/mol. The van der Waals surface area contributed by atoms with Gasteiger partial charge in [-0.1, -0.05) is 6.92 Å². The third-order valence-corrected chi connectivity index (χ3v) is 4.07. The van der Waals surface area contributed by atoms with Gasteiger partial charge in [0.25, 0.3) is 0 Å². The largest absolute Gasteiger partial charge is 0.492 e. The molecule has 0 aliphatic carbocycles. The summed E-state index contributed by atoms with van der Waals surface area (Å²) in [4.78, 5) is 4.14. The summed E-state index contributed by atoms with van der Waals surface area (Å²) in [5.41, 5.74) is 0.798. The van der Waals surface area contributed by atoms with Crippen LogP contribution in [0.3, 0.4) is 0 Å². The van der Waals surface area contributed by atoms with Gasteiger partial charge in [0.05, 0.1) is 31.1 Å². The van der Waals surface area contributed by atoms with Crippen molar-refractivity contribution in [2.45, 2.75) is 46.0 Å². The summed E-state index contributed by atoms with van der Waals surface area (Å²) in [6, 6.07) is 1.86. The molecule has 0 spiro atoms. The lowest BCUT2D eigenvalue weighted by Crippen LogP contribution is -2.25. The second-order valence-corrected chi connectivity index (χ2v) is 5.31. The van der Waals surface area contributed by atoms with E-state index in [2.05, 4.69) is 18.8 Å². The number of aromatic nitrogens is 1. The van der Waals surface area contributed by atoms with Crippen LogP contribution in [0.25, 0.3) is 0 Å². The molecule has 1 saturated heterocycles. The number of aliphatic hydroxyl groups is 1. The zero-order chi connectivity index (χ0) is 14.0. The molecule has 4 heteroatoms. The normalized spacial score (nSPS) is 32.3. The van der Waals surface area contributed by atoms with E-state index in [1.807, 2.05) is 19.9 Å². The van der Waals surface area contributed by atoms with E-state index in [4.69, 9.17) is 9.47 Å². The lowest BCUT2D eigenvalue weighted by Gasteiger charge is -2.25. The summed E-state index contributed by atoms with van der Waals surface area (Å²) in [6.07, 6.45) is 3.03. The van der Waals surface area contributed by atoms with Gasteiger partial charge in [-0.15, -0.1) is 0 Å². The highest BCUT2D eigenvalue weighted by Crippen LogP contribution is 2.40. The van der Waals surface area contributed by atoms with Gasteiger partial charge < -0.3 is 14.6 Å². The minimum absolute atomic E-state index is 0.0516. The molecular formula is C15H23NO3. The molecule has 0 bridgehead atoms. The average Bonchev–Trinajstić information content (AvgIpc) is 2.63. The van der Waals surface area contributed by atoms with Gasteiger partial charge in [0, 0.05) is 17.7 Å². The Morgan fingerprint density at radius 3 is 2.63 bits per heavy atom. The van der Waals surface area contributed by atoms with Gasteiger partial charge in [0.15, 0.2) is 0 Å². The summed E-state index contributed by atoms with van der Waals surface area (Å²) in [6.45, 7) is 8.73. The summed E-state index contributed by atoms with van der Waals surface area (Å²) in [5, 5.41) is 10.6. The van der Waals surface area contributed by atoms with Crippen molar-refractivity contribution in [2.24, 2.45) is 11.8 Å². The van der Waals surface area contributed by atoms with Gasteiger partial charge in [0.2, 0.25) is 0 Å². The monoisotopic (exact) mass is 265 g/mol. The Morgan fingerprint density at radius 1 is 1.32 bits per heavy atom. The molecule has 0 amide bonds. The fourth-order valence-electron chi connectivity index (χ4n) is 2.90. The molecular weight excluding hydrogens is 242 g/mol. The van der Waals surface area contributed by atoms with Gasteiger partial charge in [-0.3, -0.25) is 4.98 Å². The summed E-state index contributed by atoms with van der Waals surface area (Å²) >= 11 is 0. The maximum atomic E-state index is 10.6. The lowest BCUT2D eigenvalue weighted by molar-refractivity contribution is 0.0229. The van der Waals surface area contributed by atoms with E-state index < -0.39 is 6.10 Å². The van der Waals surface area contributed by atoms with Crippen LogP contribution in [0, 0.1) is 11.8 Å². The molecule has 1 aliphatic heterocycles. The van der Waals surface area contributed by atoms with Crippen LogP contribution < -0.4 is 4.74 Å². The van der Waals surface area contributed by atoms with Crippen LogP contribution in [0.4, 0.5) is 0 Å². The van der Waals surface area contributed by atoms with Crippen molar-refractivity contribution in [1.82, 2.24) is 4.98 Å². The predicted molar refractivity (Wildman–Crippen MR) is 73.0 cm³/mol. The predicted octanol–water partition coefficient (Wildman–Crippen LogP) is 2.57. The van der Waals surface area contributed by atoms with E-state index in [9.17, 15) is 5.11 Å². The maximum Gasteiger partial charge on any atom is 0.137 e. The van der Waals surface area contributed by atoms with Crippen LogP contribution in [0.2, 0.25) is 0 Å². The number of aliphatic hydroxyl groups excluding tert-OH is 1. The first-order valence-corrected chi connectivity index (χ1v) is 6.95. The molecule has 4 nitrogen and oxygen atoms in total. The van der Waals surface area contributed by atoms with Crippen molar-refractivity contribution in [3.8, 4) is 5.75 Å². The van der Waals surface area contributed by atoms with Crippen LogP contribution in [0.15, 0.2) is 18.5 Å². The highest BCUT2D eigenvalue weighted by atomic mass is 16.5. The molecule has 19 heavy (non-hydrogen) atoms. The molecule has 1 aromatic rings. The third-order valence-electron chi connectivity index (χ3n) is 4.07. The number of pyridine rings is 1. The van der Waals surface area contributed by atoms with Crippen molar-refractivity contribution in [3.05, 3.63) is 24.0 Å². The molecule has 1 aromatic heterocycles. The first-order chi connectivity index (χ1) is 9.04. The van der Waals surface area contributed by atoms with Crippen LogP contribution >= 0.6 is 0 Å². The van der Waals surface area contributed by atoms with Crippen molar-refractivity contribution in [1.29, 1.82) is 0 Å². The van der Waals surface area contributed by atoms with Crippen LogP contribution in [0.5, 0.6) is 5.75 Å². The molecule has 0 radical (unpaired) electrons. The molecule has 2 rings (SSSR count). The standard InChI is InChI=1S/C15H23NO3/c1-5-18-13-6-12(7-16-8-13)15(17)14-9(2)10(3)19-11(14)4/h6-11,14-15,17H,5H2,1-4H3. The van der Waals surface area contributed by atoms with E-state index in [0.29, 0.717) is 18.3 Å². The summed E-state index contributed by atoms with van der Waals surface area (Å²) in [7, 11) is 0. The van der Waals surface area contributed by atoms with E-state index in [1.54, 1.807) is 12.4 Å². The molecule has 1 aliphatic rings. The van der Waals surface area contributed by atoms with Crippen molar-refractivity contribution < 1.29 is 14.6 Å². The van der Waals surface area contributed by atoms with Crippen LogP contribution in [0.1, 0.15) is 39.4 Å². The minimum Gasteiger partial charge on any atom is -0.492 e. The van der Waals surface area contributed by atoms with Gasteiger partial charge in [-0.05, 0) is 32.8 Å². The van der Waals surface area contributed by atoms with Gasteiger partial charge >= 0.3 is 0 Å². The van der Waals surface area contributed by atoms with E-state index in [1.165, 1.54) is 0 Å². The number of rotatable bonds is 4. The smallest absolute Gasteiger partial charge is 0.137 e. The quantitative estimate of drug-likeness (QED) is 0.909. The molecule has 0 aromatic carbocycles. The van der Waals surface area contributed by atoms with Crippen molar-refractivity contribution in [3.63, 3.8) is 0 Å². The van der Waals surface area contributed by atoms with Crippen LogP contribution in [-0.2, 0) is 4.74 Å². The maximum absolute atomic E-state index is 10.6. The highest BCUT2D eigenvalue weighted by molar-refractivity contribution is 5.26. The number of nitrogens with zero attached hydrogens (tertiary/aromatic N) is 1. The Morgan fingerprint density at radius 2 is 2.05 bits per heavy atom. The van der Waals surface area contributed by atoms with Gasteiger partial charge in [-0.25, -0.2) is 0 Å². The summed E-state index contributed by atoms with van der Waals surface area (Å²) in [5.74, 6) is 1.11. The topological polar surface area (TPSA) is 51.6 Å². The van der Waals surface area contributed by atoms with E-state index in [0.717, 1.165) is 5.56 Å². The fourth-order valence-corrected chi connectivity index (χ4v) is 2.90. The number of hydrogen-bond donors (Lipinski definition) is 1. The Balaban J connectivity index is 2.19. The SMILES string of the molecule is CCOc1cncc(C(O)C2C(C)OC(C)C2C)c1. The van der Waals surface area contributed by atoms with Crippen LogP contribution in [-0.4, -0.2) is 28.9 Å². The first-order valence-electron chi connectivity index (χ1n) is 6.95. The molecule has 5 unspecified atom stereocenters. The van der Waals surface area contributed by atoms with E-state index in [-0.39, 0.29) is 18.1 Å². The first kappa shape index (κ1) is 14.3. The van der Waals surface area contributed by atoms with Crippen molar-refractivity contribution >= 4 is 0 Å². The lowest BCUT2D eigenvalue weighted by atomic mass is 9.82. The second-order valence-electron chi connectivity index (χ2n) is 5.31. The zero-order valence-corrected chi connectivity index (χ0v) is 12.0. The molecule has 2 heterocycles. The molecule has 5 atom stereocenters. The Hall–Kier alpha value is -1.13. The van der Waals surface area contributed by atoms with Gasteiger partial charge in [0.1, 0.15) is 5.75 Å².